The molecule has 0 spiro atoms. The molecule has 0 radical (unpaired) electrons. The van der Waals surface area contributed by atoms with Crippen LogP contribution in [-0.2, 0) is 39.3 Å². The molecule has 2 aliphatic heterocycles. The fraction of sp³-hybridized carbons (Fsp3) is 0.529. The lowest BCUT2D eigenvalue weighted by molar-refractivity contribution is -0.745. The number of carbonyl (C=O) groups is 2. The van der Waals surface area contributed by atoms with Crippen LogP contribution in [-0.4, -0.2) is 96.4 Å². The first-order valence-electron chi connectivity index (χ1n) is 18.4. The lowest BCUT2D eigenvalue weighted by atomic mass is 9.79. The molecule has 322 valence electrons. The van der Waals surface area contributed by atoms with Crippen molar-refractivity contribution in [2.75, 3.05) is 36.9 Å². The lowest BCUT2D eigenvalue weighted by Gasteiger charge is -2.47. The first kappa shape index (κ1) is 43.9. The number of amides is 2. The summed E-state index contributed by atoms with van der Waals surface area (Å²) in [6.45, 7) is 7.78. The molecule has 25 heteroatoms. The number of aromatic nitrogens is 4. The second-order valence-electron chi connectivity index (χ2n) is 15.1. The number of hydrogen-bond donors (Lipinski definition) is 8. The van der Waals surface area contributed by atoms with Crippen molar-refractivity contribution in [1.82, 2.24) is 25.2 Å². The SMILES string of the molecule is Cc1cc(=O)oc2cc3c(cc12)C(C)CC(C)(C)N3CCCC(=O)NCCNC(=O)O[C@@H]1[C@H](O)[C@@H](COP(=O)(O)OP(=O)(O)O)O[C@H]1[n+]1cn(C)c2c(=O)[nH]c(N)nc21. The van der Waals surface area contributed by atoms with Crippen LogP contribution in [0.5, 0.6) is 0 Å². The first-order chi connectivity index (χ1) is 27.5. The van der Waals surface area contributed by atoms with Gasteiger partial charge in [-0.05, 0) is 56.7 Å². The third kappa shape index (κ3) is 9.86. The first-order valence-corrected chi connectivity index (χ1v) is 21.5. The Balaban J connectivity index is 1.06. The minimum absolute atomic E-state index is 0.00682. The molecule has 5 heterocycles. The molecule has 9 N–H and O–H groups in total. The number of phosphoric ester groups is 1. The van der Waals surface area contributed by atoms with Crippen LogP contribution in [0.1, 0.15) is 63.3 Å². The Labute approximate surface area is 335 Å². The second kappa shape index (κ2) is 16.7. The van der Waals surface area contributed by atoms with Gasteiger partial charge in [-0.2, -0.15) is 4.31 Å². The normalized spacial score (nSPS) is 22.6. The predicted molar refractivity (Wildman–Crippen MR) is 207 cm³/mol. The highest BCUT2D eigenvalue weighted by molar-refractivity contribution is 7.60. The quantitative estimate of drug-likeness (QED) is 0.0376. The van der Waals surface area contributed by atoms with Gasteiger partial charge in [0.15, 0.2) is 12.4 Å². The molecule has 2 aliphatic rings. The number of ether oxygens (including phenoxy) is 2. The van der Waals surface area contributed by atoms with Gasteiger partial charge >= 0.3 is 33.0 Å². The van der Waals surface area contributed by atoms with Crippen molar-refractivity contribution in [2.45, 2.75) is 83.0 Å². The van der Waals surface area contributed by atoms with E-state index in [4.69, 9.17) is 29.4 Å². The summed E-state index contributed by atoms with van der Waals surface area (Å²) in [4.78, 5) is 86.9. The van der Waals surface area contributed by atoms with Gasteiger partial charge in [0, 0.05) is 54.8 Å². The van der Waals surface area contributed by atoms with E-state index in [0.717, 1.165) is 28.6 Å². The number of fused-ring (bicyclic) bond motifs is 3. The van der Waals surface area contributed by atoms with Gasteiger partial charge in [0.25, 0.3) is 11.5 Å². The van der Waals surface area contributed by atoms with Crippen molar-refractivity contribution >= 4 is 61.4 Å². The molecule has 3 aromatic heterocycles. The Morgan fingerprint density at radius 1 is 1.15 bits per heavy atom. The maximum atomic E-state index is 13.0. The molecule has 0 aliphatic carbocycles. The van der Waals surface area contributed by atoms with E-state index >= 15 is 0 Å². The van der Waals surface area contributed by atoms with Crippen LogP contribution in [0.15, 0.2) is 38.5 Å². The number of H-pyrrole nitrogens is 1. The highest BCUT2D eigenvalue weighted by Crippen LogP contribution is 2.57. The summed E-state index contributed by atoms with van der Waals surface area (Å²) in [7, 11) is -9.33. The number of aromatic amines is 1. The van der Waals surface area contributed by atoms with E-state index in [1.165, 1.54) is 28.6 Å². The van der Waals surface area contributed by atoms with Crippen LogP contribution in [0.25, 0.3) is 22.1 Å². The van der Waals surface area contributed by atoms with Crippen molar-refractivity contribution in [1.29, 1.82) is 0 Å². The molecule has 4 aromatic rings. The van der Waals surface area contributed by atoms with Crippen molar-refractivity contribution in [2.24, 2.45) is 7.05 Å². The van der Waals surface area contributed by atoms with Gasteiger partial charge in [-0.3, -0.25) is 23.7 Å². The summed E-state index contributed by atoms with van der Waals surface area (Å²) < 4.78 is 51.0. The summed E-state index contributed by atoms with van der Waals surface area (Å²) in [5, 5.41) is 17.2. The van der Waals surface area contributed by atoms with Crippen molar-refractivity contribution in [3.63, 3.8) is 0 Å². The predicted octanol–water partition coefficient (Wildman–Crippen LogP) is 0.814. The van der Waals surface area contributed by atoms with Gasteiger partial charge in [0.1, 0.15) is 17.8 Å². The number of nitrogens with two attached hydrogens (primary N) is 1. The molecule has 1 saturated heterocycles. The van der Waals surface area contributed by atoms with Gasteiger partial charge in [-0.25, -0.2) is 23.3 Å². The molecular formula is C34H47N8O15P2+. The molecule has 6 rings (SSSR count). The van der Waals surface area contributed by atoms with Crippen molar-refractivity contribution in [3.05, 3.63) is 56.4 Å². The highest BCUT2D eigenvalue weighted by atomic mass is 31.3. The summed E-state index contributed by atoms with van der Waals surface area (Å²) in [6.07, 6.45) is -4.59. The number of imidazole rings is 1. The molecular weight excluding hydrogens is 822 g/mol. The number of nitrogens with zero attached hydrogens (tertiary/aromatic N) is 4. The maximum Gasteiger partial charge on any atom is 0.481 e. The summed E-state index contributed by atoms with van der Waals surface area (Å²) >= 11 is 0. The zero-order valence-electron chi connectivity index (χ0n) is 32.7. The van der Waals surface area contributed by atoms with Gasteiger partial charge in [-0.15, -0.1) is 0 Å². The summed E-state index contributed by atoms with van der Waals surface area (Å²) in [6, 6.07) is 5.46. The van der Waals surface area contributed by atoms with Crippen LogP contribution in [0.4, 0.5) is 16.4 Å². The number of aryl methyl sites for hydroxylation is 2. The van der Waals surface area contributed by atoms with E-state index in [9.17, 15) is 38.3 Å². The third-order valence-electron chi connectivity index (χ3n) is 10.2. The van der Waals surface area contributed by atoms with E-state index in [1.54, 1.807) is 0 Å². The molecule has 1 fully saturated rings. The number of anilines is 2. The number of aliphatic hydroxyl groups is 1. The molecule has 0 saturated carbocycles. The highest BCUT2D eigenvalue weighted by Gasteiger charge is 2.51. The van der Waals surface area contributed by atoms with E-state index in [0.29, 0.717) is 18.5 Å². The van der Waals surface area contributed by atoms with Gasteiger partial charge in [0.2, 0.25) is 17.7 Å². The van der Waals surface area contributed by atoms with Crippen LogP contribution in [0.2, 0.25) is 0 Å². The van der Waals surface area contributed by atoms with Crippen LogP contribution < -0.4 is 37.0 Å². The molecule has 2 amide bonds. The van der Waals surface area contributed by atoms with E-state index < -0.39 is 64.1 Å². The number of hydrogen-bond acceptors (Lipinski definition) is 15. The number of phosphoric acid groups is 2. The van der Waals surface area contributed by atoms with Gasteiger partial charge < -0.3 is 54.9 Å². The maximum absolute atomic E-state index is 13.0. The Bertz CT molecular complexity index is 2480. The smallest absolute Gasteiger partial charge is 0.437 e. The topological polar surface area (TPSA) is 324 Å². The van der Waals surface area contributed by atoms with Crippen LogP contribution >= 0.6 is 15.6 Å². The number of benzene rings is 1. The number of aliphatic hydroxyl groups excluding tert-OH is 1. The summed E-state index contributed by atoms with van der Waals surface area (Å²) in [5.74, 6) is -0.294. The largest absolute Gasteiger partial charge is 0.481 e. The molecule has 6 atom stereocenters. The van der Waals surface area contributed by atoms with Gasteiger partial charge in [0.05, 0.1) is 13.7 Å². The molecule has 59 heavy (non-hydrogen) atoms. The second-order valence-corrected chi connectivity index (χ2v) is 18.0. The Morgan fingerprint density at radius 2 is 1.86 bits per heavy atom. The van der Waals surface area contributed by atoms with Crippen molar-refractivity contribution in [3.8, 4) is 0 Å². The molecule has 1 aromatic carbocycles. The Hall–Kier alpha value is -4.70. The standard InChI is InChI=1S/C34H46N8O15P2/c1-17-11-25(44)54-22-13-21-19(12-20(17)22)18(2)14-34(3,4)42(21)10-6-7-24(43)36-8-9-37-33(47)56-28-27(45)23(15-53-59(51,52)57-58(48,49)50)55-31(28)41-16-40(5)26-29(41)38-32(35)39-30(26)46/h11-13,16,18,23,27-28,31,45H,6-10,14-15H2,1-5H3,(H7-,35,36,37,38,39,43,46,47,48,49,50,51,52)/p+1/t18?,23-,27-,28-,31-/m1/s1. The monoisotopic (exact) mass is 869 g/mol. The van der Waals surface area contributed by atoms with Crippen molar-refractivity contribution < 1.29 is 65.8 Å². The average molecular weight is 870 g/mol. The molecule has 23 nitrogen and oxygen atoms in total. The van der Waals surface area contributed by atoms with Gasteiger partial charge in [-0.1, -0.05) is 11.9 Å². The summed E-state index contributed by atoms with van der Waals surface area (Å²) in [5.41, 5.74) is 7.84. The lowest BCUT2D eigenvalue weighted by Crippen LogP contribution is -2.49. The zero-order chi connectivity index (χ0) is 43.2. The fourth-order valence-corrected chi connectivity index (χ4v) is 9.32. The van der Waals surface area contributed by atoms with E-state index in [1.807, 2.05) is 13.0 Å². The Kier molecular flexibility index (Phi) is 12.5. The third-order valence-corrected chi connectivity index (χ3v) is 12.3. The van der Waals surface area contributed by atoms with E-state index in [-0.39, 0.29) is 54.0 Å². The minimum atomic E-state index is -5.47. The minimum Gasteiger partial charge on any atom is -0.437 e. The fourth-order valence-electron chi connectivity index (χ4n) is 7.72. The number of nitrogens with one attached hydrogen (secondary N) is 3. The number of carbonyl (C=O) groups excluding carboxylic acids is 2. The Morgan fingerprint density at radius 3 is 2.58 bits per heavy atom. The molecule has 2 unspecified atom stereocenters. The average Bonchev–Trinajstić information content (AvgIpc) is 3.60. The van der Waals surface area contributed by atoms with Crippen LogP contribution in [0, 0.1) is 6.92 Å². The zero-order valence-corrected chi connectivity index (χ0v) is 34.5. The number of alkyl carbamates (subject to hydrolysis) is 1. The molecule has 0 bridgehead atoms. The number of rotatable bonds is 14. The van der Waals surface area contributed by atoms with E-state index in [2.05, 4.69) is 61.2 Å². The number of nitrogen functional groups attached to an aromatic ring is 1. The van der Waals surface area contributed by atoms with Crippen LogP contribution in [0.3, 0.4) is 0 Å².